The number of ketones is 1. The van der Waals surface area contributed by atoms with E-state index in [1.54, 1.807) is 6.92 Å². The van der Waals surface area contributed by atoms with Gasteiger partial charge in [0.15, 0.2) is 5.78 Å². The lowest BCUT2D eigenvalue weighted by Crippen LogP contribution is -2.06. The Bertz CT molecular complexity index is 173. The quantitative estimate of drug-likeness (QED) is 0.556. The predicted octanol–water partition coefficient (Wildman–Crippen LogP) is 2.71. The Morgan fingerprint density at radius 2 is 1.91 bits per heavy atom. The highest BCUT2D eigenvalue weighted by atomic mass is 16.1. The van der Waals surface area contributed by atoms with Gasteiger partial charge in [-0.05, 0) is 38.2 Å². The first-order chi connectivity index (χ1) is 5.25. The van der Waals surface area contributed by atoms with Crippen molar-refractivity contribution in [1.29, 1.82) is 0 Å². The van der Waals surface area contributed by atoms with Crippen LogP contribution in [-0.4, -0.2) is 5.78 Å². The summed E-state index contributed by atoms with van der Waals surface area (Å²) in [5.41, 5.74) is 1.06. The Balaban J connectivity index is 2.62. The number of hydrogen-bond donors (Lipinski definition) is 0. The highest BCUT2D eigenvalue weighted by Crippen LogP contribution is 2.31. The van der Waals surface area contributed by atoms with Crippen molar-refractivity contribution in [2.24, 2.45) is 5.92 Å². The van der Waals surface area contributed by atoms with Gasteiger partial charge in [-0.1, -0.05) is 18.9 Å². The van der Waals surface area contributed by atoms with Crippen molar-refractivity contribution in [2.45, 2.75) is 39.5 Å². The molecule has 0 aromatic rings. The van der Waals surface area contributed by atoms with E-state index in [0.717, 1.165) is 5.57 Å². The van der Waals surface area contributed by atoms with Gasteiger partial charge >= 0.3 is 0 Å². The van der Waals surface area contributed by atoms with Crippen LogP contribution in [0.15, 0.2) is 11.6 Å². The molecular weight excluding hydrogens is 136 g/mol. The maximum absolute atomic E-state index is 11.1. The van der Waals surface area contributed by atoms with Crippen molar-refractivity contribution in [3.05, 3.63) is 11.6 Å². The molecule has 0 unspecified atom stereocenters. The first kappa shape index (κ1) is 8.51. The van der Waals surface area contributed by atoms with Gasteiger partial charge in [0.05, 0.1) is 0 Å². The molecule has 1 fully saturated rings. The van der Waals surface area contributed by atoms with E-state index < -0.39 is 0 Å². The van der Waals surface area contributed by atoms with Crippen LogP contribution in [0.4, 0.5) is 0 Å². The maximum Gasteiger partial charge on any atom is 0.155 e. The standard InChI is InChI=1S/C10H16O/c1-3-10(8(2)11)9-6-4-5-7-9/h3,9H,4-7H2,1-2H3/b10-3+. The first-order valence-electron chi connectivity index (χ1n) is 4.43. The van der Waals surface area contributed by atoms with Crippen molar-refractivity contribution in [3.8, 4) is 0 Å². The zero-order valence-electron chi connectivity index (χ0n) is 7.39. The molecule has 0 heterocycles. The molecule has 0 aromatic carbocycles. The summed E-state index contributed by atoms with van der Waals surface area (Å²) >= 11 is 0. The average Bonchev–Trinajstić information content (AvgIpc) is 2.40. The van der Waals surface area contributed by atoms with Crippen LogP contribution in [0.2, 0.25) is 0 Å². The first-order valence-corrected chi connectivity index (χ1v) is 4.43. The number of carbonyl (C=O) groups is 1. The van der Waals surface area contributed by atoms with E-state index in [1.807, 2.05) is 13.0 Å². The molecule has 1 rings (SSSR count). The molecule has 1 heteroatoms. The van der Waals surface area contributed by atoms with Gasteiger partial charge in [-0.2, -0.15) is 0 Å². The summed E-state index contributed by atoms with van der Waals surface area (Å²) in [5, 5.41) is 0. The molecule has 0 atom stereocenters. The Labute approximate surface area is 68.5 Å². The Hall–Kier alpha value is -0.590. The van der Waals surface area contributed by atoms with Crippen LogP contribution in [0.1, 0.15) is 39.5 Å². The van der Waals surface area contributed by atoms with Crippen molar-refractivity contribution >= 4 is 5.78 Å². The maximum atomic E-state index is 11.1. The third kappa shape index (κ3) is 1.92. The second-order valence-electron chi connectivity index (χ2n) is 3.28. The number of Topliss-reactive ketones (excluding diaryl/α,β-unsaturated/α-hetero) is 1. The Kier molecular flexibility index (Phi) is 2.86. The minimum absolute atomic E-state index is 0.263. The van der Waals surface area contributed by atoms with Gasteiger partial charge in [-0.25, -0.2) is 0 Å². The zero-order chi connectivity index (χ0) is 8.27. The highest BCUT2D eigenvalue weighted by Gasteiger charge is 2.20. The molecule has 1 saturated carbocycles. The molecule has 1 nitrogen and oxygen atoms in total. The molecule has 0 spiro atoms. The van der Waals surface area contributed by atoms with E-state index in [2.05, 4.69) is 0 Å². The van der Waals surface area contributed by atoms with Gasteiger partial charge in [-0.15, -0.1) is 0 Å². The average molecular weight is 152 g/mol. The molecule has 0 N–H and O–H groups in total. The SMILES string of the molecule is C/C=C(\C(C)=O)C1CCCC1. The van der Waals surface area contributed by atoms with Gasteiger partial charge in [0, 0.05) is 0 Å². The van der Waals surface area contributed by atoms with Crippen LogP contribution in [0, 0.1) is 5.92 Å². The fraction of sp³-hybridized carbons (Fsp3) is 0.700. The second kappa shape index (κ2) is 3.70. The molecule has 0 radical (unpaired) electrons. The smallest absolute Gasteiger partial charge is 0.155 e. The monoisotopic (exact) mass is 152 g/mol. The van der Waals surface area contributed by atoms with Crippen LogP contribution in [0.25, 0.3) is 0 Å². The van der Waals surface area contributed by atoms with Crippen molar-refractivity contribution in [1.82, 2.24) is 0 Å². The molecule has 1 aliphatic carbocycles. The van der Waals surface area contributed by atoms with Crippen molar-refractivity contribution < 1.29 is 4.79 Å². The molecule has 0 amide bonds. The Morgan fingerprint density at radius 1 is 1.36 bits per heavy atom. The lowest BCUT2D eigenvalue weighted by molar-refractivity contribution is -0.114. The molecule has 0 aliphatic heterocycles. The minimum atomic E-state index is 0.263. The van der Waals surface area contributed by atoms with Gasteiger partial charge in [0.25, 0.3) is 0 Å². The second-order valence-corrected chi connectivity index (χ2v) is 3.28. The van der Waals surface area contributed by atoms with E-state index in [1.165, 1.54) is 25.7 Å². The van der Waals surface area contributed by atoms with Crippen LogP contribution in [0.3, 0.4) is 0 Å². The fourth-order valence-electron chi connectivity index (χ4n) is 1.96. The highest BCUT2D eigenvalue weighted by molar-refractivity contribution is 5.93. The van der Waals surface area contributed by atoms with E-state index in [4.69, 9.17) is 0 Å². The number of carbonyl (C=O) groups excluding carboxylic acids is 1. The molecule has 1 aliphatic rings. The normalized spacial score (nSPS) is 20.7. The minimum Gasteiger partial charge on any atom is -0.295 e. The summed E-state index contributed by atoms with van der Waals surface area (Å²) < 4.78 is 0. The van der Waals surface area contributed by atoms with E-state index in [9.17, 15) is 4.79 Å². The summed E-state index contributed by atoms with van der Waals surface area (Å²) in [4.78, 5) is 11.1. The molecule has 0 saturated heterocycles. The summed E-state index contributed by atoms with van der Waals surface area (Å²) in [6, 6.07) is 0. The van der Waals surface area contributed by atoms with E-state index in [-0.39, 0.29) is 5.78 Å². The summed E-state index contributed by atoms with van der Waals surface area (Å²) in [5.74, 6) is 0.844. The molecule has 0 bridgehead atoms. The third-order valence-corrected chi connectivity index (χ3v) is 2.51. The Morgan fingerprint density at radius 3 is 2.27 bits per heavy atom. The summed E-state index contributed by atoms with van der Waals surface area (Å²) in [6.07, 6.45) is 7.03. The lowest BCUT2D eigenvalue weighted by Gasteiger charge is -2.09. The molecule has 11 heavy (non-hydrogen) atoms. The van der Waals surface area contributed by atoms with Crippen LogP contribution < -0.4 is 0 Å². The lowest BCUT2D eigenvalue weighted by atomic mass is 9.94. The third-order valence-electron chi connectivity index (χ3n) is 2.51. The number of allylic oxidation sites excluding steroid dienone is 2. The molecular formula is C10H16O. The molecule has 62 valence electrons. The van der Waals surface area contributed by atoms with Gasteiger partial charge in [0.1, 0.15) is 0 Å². The fourth-order valence-corrected chi connectivity index (χ4v) is 1.96. The van der Waals surface area contributed by atoms with Crippen LogP contribution in [0.5, 0.6) is 0 Å². The van der Waals surface area contributed by atoms with Crippen LogP contribution in [-0.2, 0) is 4.79 Å². The van der Waals surface area contributed by atoms with Gasteiger partial charge in [-0.3, -0.25) is 4.79 Å². The summed E-state index contributed by atoms with van der Waals surface area (Å²) in [6.45, 7) is 3.64. The largest absolute Gasteiger partial charge is 0.295 e. The predicted molar refractivity (Wildman–Crippen MR) is 46.4 cm³/mol. The number of hydrogen-bond acceptors (Lipinski definition) is 1. The van der Waals surface area contributed by atoms with E-state index >= 15 is 0 Å². The number of rotatable bonds is 2. The van der Waals surface area contributed by atoms with Gasteiger partial charge < -0.3 is 0 Å². The van der Waals surface area contributed by atoms with Gasteiger partial charge in [0.2, 0.25) is 0 Å². The van der Waals surface area contributed by atoms with Crippen molar-refractivity contribution in [3.63, 3.8) is 0 Å². The van der Waals surface area contributed by atoms with Crippen molar-refractivity contribution in [2.75, 3.05) is 0 Å². The summed E-state index contributed by atoms with van der Waals surface area (Å²) in [7, 11) is 0. The molecule has 0 aromatic heterocycles. The van der Waals surface area contributed by atoms with E-state index in [0.29, 0.717) is 5.92 Å². The zero-order valence-corrected chi connectivity index (χ0v) is 7.39. The topological polar surface area (TPSA) is 17.1 Å². The van der Waals surface area contributed by atoms with Crippen LogP contribution >= 0.6 is 0 Å².